The normalized spacial score (nSPS) is 10.9. The van der Waals surface area contributed by atoms with Gasteiger partial charge in [0, 0.05) is 37.1 Å². The molecule has 186 valence electrons. The Morgan fingerprint density at radius 1 is 1.03 bits per heavy atom. The number of carbonyl (C=O) groups is 1. The second-order valence-electron chi connectivity index (χ2n) is 8.24. The minimum Gasteiger partial charge on any atom is -0.497 e. The highest BCUT2D eigenvalue weighted by atomic mass is 35.5. The van der Waals surface area contributed by atoms with Crippen molar-refractivity contribution in [3.8, 4) is 5.75 Å². The maximum absolute atomic E-state index is 13.0. The largest absolute Gasteiger partial charge is 0.497 e. The van der Waals surface area contributed by atoms with E-state index in [1.807, 2.05) is 30.3 Å². The quantitative estimate of drug-likeness (QED) is 0.353. The maximum Gasteiger partial charge on any atom is 0.255 e. The molecule has 0 atom stereocenters. The van der Waals surface area contributed by atoms with E-state index in [0.717, 1.165) is 16.7 Å². The average Bonchev–Trinajstić information content (AvgIpc) is 3.28. The molecule has 0 radical (unpaired) electrons. The van der Waals surface area contributed by atoms with Gasteiger partial charge in [0.1, 0.15) is 11.4 Å². The second-order valence-corrected chi connectivity index (χ2v) is 8.65. The molecule has 2 aromatic carbocycles. The molecule has 0 spiro atoms. The minimum absolute atomic E-state index is 0.0386. The number of halogens is 1. The van der Waals surface area contributed by atoms with Crippen LogP contribution < -0.4 is 15.6 Å². The van der Waals surface area contributed by atoms with Gasteiger partial charge in [-0.25, -0.2) is 0 Å². The number of ether oxygens (including phenoxy) is 2. The summed E-state index contributed by atoms with van der Waals surface area (Å²) in [7, 11) is 3.14. The van der Waals surface area contributed by atoms with E-state index in [2.05, 4.69) is 10.4 Å². The van der Waals surface area contributed by atoms with Gasteiger partial charge < -0.3 is 19.4 Å². The summed E-state index contributed by atoms with van der Waals surface area (Å²) in [5.74, 6) is 0.397. The summed E-state index contributed by atoms with van der Waals surface area (Å²) in [6, 6.07) is 18.4. The average molecular weight is 507 g/mol. The van der Waals surface area contributed by atoms with Crippen LogP contribution in [-0.2, 0) is 31.0 Å². The summed E-state index contributed by atoms with van der Waals surface area (Å²) in [4.78, 5) is 24.9. The third kappa shape index (κ3) is 6.21. The molecule has 0 fully saturated rings. The van der Waals surface area contributed by atoms with Crippen molar-refractivity contribution in [2.75, 3.05) is 14.2 Å². The monoisotopic (exact) mass is 506 g/mol. The summed E-state index contributed by atoms with van der Waals surface area (Å²) in [6.45, 7) is 1.44. The number of aromatic nitrogens is 3. The predicted molar refractivity (Wildman–Crippen MR) is 137 cm³/mol. The van der Waals surface area contributed by atoms with Crippen LogP contribution in [0.15, 0.2) is 77.9 Å². The number of nitrogens with one attached hydrogen (secondary N) is 1. The molecule has 0 aliphatic rings. The highest BCUT2D eigenvalue weighted by molar-refractivity contribution is 6.31. The summed E-state index contributed by atoms with van der Waals surface area (Å²) in [5, 5.41) is 8.01. The van der Waals surface area contributed by atoms with Gasteiger partial charge in [-0.3, -0.25) is 14.3 Å². The third-order valence-corrected chi connectivity index (χ3v) is 6.04. The number of hydrogen-bond donors (Lipinski definition) is 1. The van der Waals surface area contributed by atoms with Crippen LogP contribution in [0, 0.1) is 0 Å². The Balaban J connectivity index is 1.44. The van der Waals surface area contributed by atoms with Gasteiger partial charge >= 0.3 is 0 Å². The van der Waals surface area contributed by atoms with Crippen LogP contribution in [0.1, 0.15) is 32.7 Å². The van der Waals surface area contributed by atoms with Crippen molar-refractivity contribution in [3.63, 3.8) is 0 Å². The fourth-order valence-corrected chi connectivity index (χ4v) is 3.97. The molecule has 0 bridgehead atoms. The molecule has 4 rings (SSSR count). The highest BCUT2D eigenvalue weighted by Gasteiger charge is 2.17. The number of carbonyl (C=O) groups excluding carboxylic acids is 1. The molecular formula is C27H27ClN4O4. The summed E-state index contributed by atoms with van der Waals surface area (Å²) in [5.41, 5.74) is 3.73. The molecule has 0 aliphatic carbocycles. The zero-order valence-electron chi connectivity index (χ0n) is 20.1. The summed E-state index contributed by atoms with van der Waals surface area (Å²) >= 11 is 6.26. The lowest BCUT2D eigenvalue weighted by atomic mass is 10.1. The van der Waals surface area contributed by atoms with E-state index in [9.17, 15) is 9.59 Å². The molecular weight excluding hydrogens is 480 g/mol. The second kappa shape index (κ2) is 11.7. The molecule has 36 heavy (non-hydrogen) atoms. The van der Waals surface area contributed by atoms with Gasteiger partial charge in [-0.05, 0) is 41.0 Å². The number of benzene rings is 2. The Kier molecular flexibility index (Phi) is 8.20. The van der Waals surface area contributed by atoms with E-state index in [1.165, 1.54) is 0 Å². The first-order valence-electron chi connectivity index (χ1n) is 11.4. The van der Waals surface area contributed by atoms with Crippen molar-refractivity contribution < 1.29 is 14.3 Å². The van der Waals surface area contributed by atoms with Crippen LogP contribution in [0.2, 0.25) is 5.02 Å². The zero-order valence-corrected chi connectivity index (χ0v) is 20.9. The van der Waals surface area contributed by atoms with E-state index in [1.54, 1.807) is 66.2 Å². The Hall–Kier alpha value is -3.88. The molecule has 4 aromatic rings. The van der Waals surface area contributed by atoms with E-state index < -0.39 is 0 Å². The number of amides is 1. The molecule has 1 N–H and O–H groups in total. The molecule has 0 aliphatic heterocycles. The van der Waals surface area contributed by atoms with Crippen LogP contribution in [0.5, 0.6) is 5.75 Å². The lowest BCUT2D eigenvalue weighted by Gasteiger charge is -2.09. The SMILES string of the molecule is COCc1nn(Cc2ccc(Cn3ccccc3=O)cc2)cc1C(=O)NCc1cc(OC)ccc1Cl. The Labute approximate surface area is 214 Å². The van der Waals surface area contributed by atoms with Crippen LogP contribution in [-0.4, -0.2) is 34.5 Å². The molecule has 2 heterocycles. The van der Waals surface area contributed by atoms with Crippen molar-refractivity contribution in [3.05, 3.63) is 116 Å². The van der Waals surface area contributed by atoms with Gasteiger partial charge in [-0.15, -0.1) is 0 Å². The summed E-state index contributed by atoms with van der Waals surface area (Å²) in [6.07, 6.45) is 3.49. The molecule has 0 unspecified atom stereocenters. The first kappa shape index (κ1) is 25.2. The fraction of sp³-hybridized carbons (Fsp3) is 0.222. The van der Waals surface area contributed by atoms with Crippen LogP contribution >= 0.6 is 11.6 Å². The Bertz CT molecular complexity index is 1400. The molecule has 0 saturated heterocycles. The number of nitrogens with zero attached hydrogens (tertiary/aromatic N) is 3. The van der Waals surface area contributed by atoms with E-state index >= 15 is 0 Å². The molecule has 2 aromatic heterocycles. The smallest absolute Gasteiger partial charge is 0.255 e. The number of rotatable bonds is 10. The summed E-state index contributed by atoms with van der Waals surface area (Å²) < 4.78 is 13.9. The molecule has 0 saturated carbocycles. The molecule has 1 amide bonds. The van der Waals surface area contributed by atoms with Crippen molar-refractivity contribution in [2.24, 2.45) is 0 Å². The predicted octanol–water partition coefficient (Wildman–Crippen LogP) is 3.88. The van der Waals surface area contributed by atoms with E-state index in [4.69, 9.17) is 21.1 Å². The van der Waals surface area contributed by atoms with E-state index in [-0.39, 0.29) is 24.6 Å². The topological polar surface area (TPSA) is 87.4 Å². The van der Waals surface area contributed by atoms with Crippen molar-refractivity contribution in [1.29, 1.82) is 0 Å². The number of methoxy groups -OCH3 is 2. The maximum atomic E-state index is 13.0. The van der Waals surface area contributed by atoms with E-state index in [0.29, 0.717) is 35.1 Å². The van der Waals surface area contributed by atoms with Gasteiger partial charge in [-0.2, -0.15) is 5.10 Å². The first-order valence-corrected chi connectivity index (χ1v) is 11.7. The van der Waals surface area contributed by atoms with Gasteiger partial charge in [0.2, 0.25) is 0 Å². The Morgan fingerprint density at radius 3 is 2.47 bits per heavy atom. The van der Waals surface area contributed by atoms with Gasteiger partial charge in [0.05, 0.1) is 32.4 Å². The van der Waals surface area contributed by atoms with Gasteiger partial charge in [-0.1, -0.05) is 41.9 Å². The van der Waals surface area contributed by atoms with Gasteiger partial charge in [0.25, 0.3) is 11.5 Å². The van der Waals surface area contributed by atoms with Crippen LogP contribution in [0.25, 0.3) is 0 Å². The standard InChI is InChI=1S/C27H27ClN4O4/c1-35-18-25-23(27(34)29-14-21-13-22(36-2)10-11-24(21)28)17-32(30-25)16-20-8-6-19(7-9-20)15-31-12-4-3-5-26(31)33/h3-13,17H,14-16,18H2,1-2H3,(H,29,34). The lowest BCUT2D eigenvalue weighted by Crippen LogP contribution is -2.23. The zero-order chi connectivity index (χ0) is 25.5. The fourth-order valence-electron chi connectivity index (χ4n) is 3.78. The minimum atomic E-state index is -0.268. The lowest BCUT2D eigenvalue weighted by molar-refractivity contribution is 0.0946. The van der Waals surface area contributed by atoms with Crippen molar-refractivity contribution in [2.45, 2.75) is 26.2 Å². The molecule has 8 nitrogen and oxygen atoms in total. The molecule has 9 heteroatoms. The van der Waals surface area contributed by atoms with Crippen molar-refractivity contribution in [1.82, 2.24) is 19.7 Å². The highest BCUT2D eigenvalue weighted by Crippen LogP contribution is 2.22. The third-order valence-electron chi connectivity index (χ3n) is 5.68. The van der Waals surface area contributed by atoms with Gasteiger partial charge in [0.15, 0.2) is 0 Å². The number of pyridine rings is 1. The Morgan fingerprint density at radius 2 is 1.78 bits per heavy atom. The number of hydrogen-bond acceptors (Lipinski definition) is 5. The van der Waals surface area contributed by atoms with Crippen LogP contribution in [0.4, 0.5) is 0 Å². The van der Waals surface area contributed by atoms with Crippen molar-refractivity contribution >= 4 is 17.5 Å². The van der Waals surface area contributed by atoms with Crippen LogP contribution in [0.3, 0.4) is 0 Å². The first-order chi connectivity index (χ1) is 17.5.